The van der Waals surface area contributed by atoms with Crippen molar-refractivity contribution in [3.05, 3.63) is 23.8 Å². The maximum atomic E-state index is 10.6. The van der Waals surface area contributed by atoms with Gasteiger partial charge in [0.15, 0.2) is 11.5 Å². The van der Waals surface area contributed by atoms with Gasteiger partial charge in [-0.2, -0.15) is 0 Å². The number of hydrogen-bond acceptors (Lipinski definition) is 4. The molecule has 0 saturated carbocycles. The molecule has 104 valence electrons. The fourth-order valence-corrected chi connectivity index (χ4v) is 2.00. The quantitative estimate of drug-likeness (QED) is 0.851. The van der Waals surface area contributed by atoms with Gasteiger partial charge in [-0.05, 0) is 24.1 Å². The van der Waals surface area contributed by atoms with Crippen LogP contribution in [0.3, 0.4) is 0 Å². The van der Waals surface area contributed by atoms with Gasteiger partial charge in [0.1, 0.15) is 6.10 Å². The Hall–Kier alpha value is -1.75. The average molecular weight is 266 g/mol. The molecule has 0 bridgehead atoms. The number of aliphatic carboxylic acids is 1. The molecule has 5 nitrogen and oxygen atoms in total. The first kappa shape index (κ1) is 13.7. The number of rotatable bonds is 6. The van der Waals surface area contributed by atoms with E-state index in [9.17, 15) is 4.79 Å². The molecule has 1 aliphatic rings. The fraction of sp³-hybridized carbons (Fsp3) is 0.500. The van der Waals surface area contributed by atoms with E-state index < -0.39 is 5.97 Å². The van der Waals surface area contributed by atoms with E-state index in [1.807, 2.05) is 18.2 Å². The van der Waals surface area contributed by atoms with E-state index in [1.54, 1.807) is 7.11 Å². The molecule has 1 aliphatic heterocycles. The van der Waals surface area contributed by atoms with E-state index in [1.165, 1.54) is 0 Å². The van der Waals surface area contributed by atoms with Gasteiger partial charge in [0, 0.05) is 12.8 Å². The molecule has 1 unspecified atom stereocenters. The van der Waals surface area contributed by atoms with Crippen LogP contribution in [0, 0.1) is 0 Å². The molecule has 1 aromatic carbocycles. The number of aryl methyl sites for hydroxylation is 1. The van der Waals surface area contributed by atoms with Crippen molar-refractivity contribution < 1.29 is 24.1 Å². The average Bonchev–Trinajstić information content (AvgIpc) is 2.90. The van der Waals surface area contributed by atoms with Crippen molar-refractivity contribution in [1.82, 2.24) is 0 Å². The summed E-state index contributed by atoms with van der Waals surface area (Å²) in [5, 5.41) is 8.68. The number of ether oxygens (including phenoxy) is 3. The van der Waals surface area contributed by atoms with E-state index in [0.717, 1.165) is 18.6 Å². The highest BCUT2D eigenvalue weighted by Gasteiger charge is 2.19. The van der Waals surface area contributed by atoms with E-state index in [0.29, 0.717) is 24.5 Å². The normalized spacial score (nSPS) is 18.3. The summed E-state index contributed by atoms with van der Waals surface area (Å²) in [5.74, 6) is 0.509. The smallest absolute Gasteiger partial charge is 0.303 e. The highest BCUT2D eigenvalue weighted by atomic mass is 16.6. The molecule has 1 aromatic rings. The second kappa shape index (κ2) is 6.43. The topological polar surface area (TPSA) is 65.0 Å². The van der Waals surface area contributed by atoms with Crippen molar-refractivity contribution in [1.29, 1.82) is 0 Å². The molecule has 2 rings (SSSR count). The van der Waals surface area contributed by atoms with E-state index in [4.69, 9.17) is 19.3 Å². The SMILES string of the molecule is COc1cc(CCC(=O)O)ccc1OC1CCOC1. The third kappa shape index (κ3) is 3.86. The molecular weight excluding hydrogens is 248 g/mol. The molecule has 0 amide bonds. The maximum Gasteiger partial charge on any atom is 0.303 e. The van der Waals surface area contributed by atoms with Crippen LogP contribution in [-0.2, 0) is 16.0 Å². The number of carboxylic acids is 1. The minimum Gasteiger partial charge on any atom is -0.493 e. The standard InChI is InChI=1S/C14H18O5/c1-17-13-8-10(3-5-14(15)16)2-4-12(13)19-11-6-7-18-9-11/h2,4,8,11H,3,5-7,9H2,1H3,(H,15,16). The summed E-state index contributed by atoms with van der Waals surface area (Å²) >= 11 is 0. The van der Waals surface area contributed by atoms with Crippen molar-refractivity contribution in [3.63, 3.8) is 0 Å². The Morgan fingerprint density at radius 3 is 2.95 bits per heavy atom. The Morgan fingerprint density at radius 1 is 1.47 bits per heavy atom. The molecule has 1 N–H and O–H groups in total. The minimum absolute atomic E-state index is 0.0683. The molecule has 0 aliphatic carbocycles. The van der Waals surface area contributed by atoms with E-state index >= 15 is 0 Å². The van der Waals surface area contributed by atoms with E-state index in [2.05, 4.69) is 0 Å². The van der Waals surface area contributed by atoms with Crippen LogP contribution in [0.2, 0.25) is 0 Å². The molecule has 1 fully saturated rings. The third-order valence-corrected chi connectivity index (χ3v) is 3.04. The van der Waals surface area contributed by atoms with Gasteiger partial charge in [-0.3, -0.25) is 4.79 Å². The summed E-state index contributed by atoms with van der Waals surface area (Å²) in [6.45, 7) is 1.33. The number of carboxylic acid groups (broad SMARTS) is 1. The Balaban J connectivity index is 2.04. The number of benzene rings is 1. The zero-order valence-corrected chi connectivity index (χ0v) is 10.9. The number of hydrogen-bond donors (Lipinski definition) is 1. The third-order valence-electron chi connectivity index (χ3n) is 3.04. The Labute approximate surface area is 112 Å². The van der Waals surface area contributed by atoms with Gasteiger partial charge >= 0.3 is 5.97 Å². The summed E-state index contributed by atoms with van der Waals surface area (Å²) in [5.41, 5.74) is 0.925. The molecule has 19 heavy (non-hydrogen) atoms. The first-order valence-electron chi connectivity index (χ1n) is 6.32. The molecule has 1 heterocycles. The van der Waals surface area contributed by atoms with Crippen molar-refractivity contribution in [3.8, 4) is 11.5 Å². The van der Waals surface area contributed by atoms with Gasteiger partial charge in [-0.25, -0.2) is 0 Å². The molecule has 1 atom stereocenters. The van der Waals surface area contributed by atoms with Gasteiger partial charge in [-0.1, -0.05) is 6.07 Å². The Kier molecular flexibility index (Phi) is 4.63. The Morgan fingerprint density at radius 2 is 2.32 bits per heavy atom. The van der Waals surface area contributed by atoms with Crippen molar-refractivity contribution in [2.45, 2.75) is 25.4 Å². The highest BCUT2D eigenvalue weighted by molar-refractivity contribution is 5.67. The maximum absolute atomic E-state index is 10.6. The van der Waals surface area contributed by atoms with Crippen LogP contribution < -0.4 is 9.47 Å². The van der Waals surface area contributed by atoms with Gasteiger partial charge in [-0.15, -0.1) is 0 Å². The summed E-state index contributed by atoms with van der Waals surface area (Å²) in [6.07, 6.45) is 1.54. The fourth-order valence-electron chi connectivity index (χ4n) is 2.00. The monoisotopic (exact) mass is 266 g/mol. The predicted octanol–water partition coefficient (Wildman–Crippen LogP) is 1.88. The van der Waals surface area contributed by atoms with Crippen molar-refractivity contribution >= 4 is 5.97 Å². The van der Waals surface area contributed by atoms with Crippen LogP contribution in [0.4, 0.5) is 0 Å². The molecule has 1 saturated heterocycles. The molecule has 5 heteroatoms. The second-order valence-corrected chi connectivity index (χ2v) is 4.48. The summed E-state index contributed by atoms with van der Waals surface area (Å²) in [6, 6.07) is 5.53. The van der Waals surface area contributed by atoms with Crippen LogP contribution in [0.1, 0.15) is 18.4 Å². The summed E-state index contributed by atoms with van der Waals surface area (Å²) < 4.78 is 16.4. The Bertz CT molecular complexity index is 437. The van der Waals surface area contributed by atoms with Crippen molar-refractivity contribution in [2.75, 3.05) is 20.3 Å². The number of carbonyl (C=O) groups is 1. The predicted molar refractivity (Wildman–Crippen MR) is 68.8 cm³/mol. The highest BCUT2D eigenvalue weighted by Crippen LogP contribution is 2.30. The molecule has 0 aromatic heterocycles. The van der Waals surface area contributed by atoms with Gasteiger partial charge in [0.05, 0.1) is 20.3 Å². The largest absolute Gasteiger partial charge is 0.493 e. The molecular formula is C14H18O5. The van der Waals surface area contributed by atoms with Crippen LogP contribution in [0.25, 0.3) is 0 Å². The lowest BCUT2D eigenvalue weighted by Gasteiger charge is -2.15. The summed E-state index contributed by atoms with van der Waals surface area (Å²) in [4.78, 5) is 10.6. The lowest BCUT2D eigenvalue weighted by atomic mass is 10.1. The zero-order valence-electron chi connectivity index (χ0n) is 10.9. The van der Waals surface area contributed by atoms with Crippen LogP contribution in [-0.4, -0.2) is 37.5 Å². The van der Waals surface area contributed by atoms with Crippen LogP contribution in [0.15, 0.2) is 18.2 Å². The van der Waals surface area contributed by atoms with Gasteiger partial charge in [0.25, 0.3) is 0 Å². The zero-order chi connectivity index (χ0) is 13.7. The lowest BCUT2D eigenvalue weighted by Crippen LogP contribution is -2.16. The number of methoxy groups -OCH3 is 1. The van der Waals surface area contributed by atoms with Gasteiger partial charge < -0.3 is 19.3 Å². The van der Waals surface area contributed by atoms with Crippen molar-refractivity contribution in [2.24, 2.45) is 0 Å². The van der Waals surface area contributed by atoms with Crippen LogP contribution >= 0.6 is 0 Å². The van der Waals surface area contributed by atoms with Gasteiger partial charge in [0.2, 0.25) is 0 Å². The molecule has 0 radical (unpaired) electrons. The first-order chi connectivity index (χ1) is 9.19. The second-order valence-electron chi connectivity index (χ2n) is 4.48. The minimum atomic E-state index is -0.803. The molecule has 0 spiro atoms. The van der Waals surface area contributed by atoms with Crippen LogP contribution in [0.5, 0.6) is 11.5 Å². The van der Waals surface area contributed by atoms with E-state index in [-0.39, 0.29) is 12.5 Å². The lowest BCUT2D eigenvalue weighted by molar-refractivity contribution is -0.136. The first-order valence-corrected chi connectivity index (χ1v) is 6.32. The summed E-state index contributed by atoms with van der Waals surface area (Å²) in [7, 11) is 1.58.